The van der Waals surface area contributed by atoms with E-state index in [9.17, 15) is 18.8 Å². The number of hydrogen-bond acceptors (Lipinski definition) is 8. The first-order chi connectivity index (χ1) is 28.3. The number of esters is 1. The zero-order valence-electron chi connectivity index (χ0n) is 34.8. The SMILES string of the molecule is CCOC(=O)C1CCN(c2cc(C)ccc2Cn2ccnc2NC(=O)C2CN(CC[C@H]3Cc4ccccc4CN3C(=O)OC(C)(C)C)C[C@H]2c2ccc(F)cc2F)CC1. The Labute approximate surface area is 345 Å². The molecule has 3 atom stereocenters. The van der Waals surface area contributed by atoms with Gasteiger partial charge in [0.15, 0.2) is 0 Å². The monoisotopic (exact) mass is 810 g/mol. The molecule has 3 aliphatic heterocycles. The third-order valence-electron chi connectivity index (χ3n) is 11.8. The number of carbonyl (C=O) groups excluding carboxylic acids is 3. The fourth-order valence-electron chi connectivity index (χ4n) is 8.83. The van der Waals surface area contributed by atoms with Gasteiger partial charge in [0.25, 0.3) is 0 Å². The summed E-state index contributed by atoms with van der Waals surface area (Å²) in [5, 5.41) is 3.06. The largest absolute Gasteiger partial charge is 0.466 e. The van der Waals surface area contributed by atoms with E-state index < -0.39 is 29.1 Å². The number of aryl methyl sites for hydroxylation is 1. The number of likely N-dealkylation sites (tertiary alicyclic amines) is 1. The first-order valence-electron chi connectivity index (χ1n) is 20.8. The van der Waals surface area contributed by atoms with Gasteiger partial charge in [-0.05, 0) is 100 Å². The van der Waals surface area contributed by atoms with Crippen molar-refractivity contribution in [3.8, 4) is 0 Å². The molecule has 0 aliphatic carbocycles. The Balaban J connectivity index is 1.07. The van der Waals surface area contributed by atoms with Gasteiger partial charge < -0.3 is 28.7 Å². The minimum absolute atomic E-state index is 0.106. The molecule has 59 heavy (non-hydrogen) atoms. The van der Waals surface area contributed by atoms with Gasteiger partial charge in [0.2, 0.25) is 11.9 Å². The van der Waals surface area contributed by atoms with E-state index in [0.717, 1.165) is 41.5 Å². The van der Waals surface area contributed by atoms with Crippen molar-refractivity contribution >= 4 is 29.6 Å². The van der Waals surface area contributed by atoms with E-state index in [2.05, 4.69) is 51.3 Å². The summed E-state index contributed by atoms with van der Waals surface area (Å²) in [5.74, 6) is -2.75. The normalized spacial score (nSPS) is 20.0. The lowest BCUT2D eigenvalue weighted by molar-refractivity contribution is -0.148. The standard InChI is InChI=1S/C46H56F2N6O5/c1-6-58-43(56)31-15-20-52(21-16-31)41-23-30(2)11-12-34(41)26-53-22-18-49-44(53)50-42(55)39-29-51(28-38(39)37-14-13-35(47)25-40(37)48)19-17-36-24-32-9-7-8-10-33(32)27-54(36)45(57)59-46(3,4)5/h7-14,18,22-23,25,31,36,38-39H,6,15-17,19-21,24,26-29H2,1-5H3,(H,49,50,55)/t36-,38-,39?/m0/s1. The Morgan fingerprint density at radius 2 is 1.73 bits per heavy atom. The maximum Gasteiger partial charge on any atom is 0.410 e. The highest BCUT2D eigenvalue weighted by Gasteiger charge is 2.41. The molecular weight excluding hydrogens is 755 g/mol. The number of benzene rings is 3. The highest BCUT2D eigenvalue weighted by molar-refractivity contribution is 5.92. The lowest BCUT2D eigenvalue weighted by Gasteiger charge is -2.38. The quantitative estimate of drug-likeness (QED) is 0.154. The van der Waals surface area contributed by atoms with Gasteiger partial charge in [-0.3, -0.25) is 14.9 Å². The van der Waals surface area contributed by atoms with Crippen LogP contribution < -0.4 is 10.2 Å². The first-order valence-corrected chi connectivity index (χ1v) is 20.8. The number of nitrogens with one attached hydrogen (secondary N) is 1. The molecule has 1 aromatic heterocycles. The average molecular weight is 811 g/mol. The topological polar surface area (TPSA) is 109 Å². The number of aromatic nitrogens is 2. The number of carbonyl (C=O) groups is 3. The third-order valence-corrected chi connectivity index (χ3v) is 11.8. The summed E-state index contributed by atoms with van der Waals surface area (Å²) in [7, 11) is 0. The van der Waals surface area contributed by atoms with Crippen LogP contribution in [0.3, 0.4) is 0 Å². The van der Waals surface area contributed by atoms with Gasteiger partial charge in [0.05, 0.1) is 25.0 Å². The van der Waals surface area contributed by atoms with E-state index in [1.165, 1.54) is 17.7 Å². The van der Waals surface area contributed by atoms with Crippen molar-refractivity contribution in [2.24, 2.45) is 11.8 Å². The molecule has 3 aliphatic rings. The summed E-state index contributed by atoms with van der Waals surface area (Å²) < 4.78 is 42.6. The number of nitrogens with zero attached hydrogens (tertiary/aromatic N) is 5. The summed E-state index contributed by atoms with van der Waals surface area (Å²) in [6, 6.07) is 17.8. The van der Waals surface area contributed by atoms with Crippen molar-refractivity contribution in [3.05, 3.63) is 113 Å². The van der Waals surface area contributed by atoms with Crippen molar-refractivity contribution in [1.29, 1.82) is 0 Å². The minimum atomic E-state index is -0.686. The molecule has 1 N–H and O–H groups in total. The molecule has 0 saturated carbocycles. The van der Waals surface area contributed by atoms with Gasteiger partial charge in [-0.25, -0.2) is 18.6 Å². The molecule has 2 amide bonds. The average Bonchev–Trinajstić information content (AvgIpc) is 3.83. The first kappa shape index (κ1) is 41.8. The number of rotatable bonds is 11. The fraction of sp³-hybridized carbons (Fsp3) is 0.478. The zero-order valence-corrected chi connectivity index (χ0v) is 34.8. The summed E-state index contributed by atoms with van der Waals surface area (Å²) in [4.78, 5) is 51.0. The Morgan fingerprint density at radius 3 is 2.46 bits per heavy atom. The van der Waals surface area contributed by atoms with Gasteiger partial charge in [0.1, 0.15) is 17.2 Å². The predicted octanol–water partition coefficient (Wildman–Crippen LogP) is 7.70. The van der Waals surface area contributed by atoms with Crippen LogP contribution in [0.1, 0.15) is 80.7 Å². The second-order valence-electron chi connectivity index (χ2n) is 17.2. The van der Waals surface area contributed by atoms with Crippen LogP contribution in [-0.4, -0.2) is 88.3 Å². The molecule has 0 bridgehead atoms. The molecule has 0 radical (unpaired) electrons. The number of fused-ring (bicyclic) bond motifs is 1. The molecule has 1 unspecified atom stereocenters. The van der Waals surface area contributed by atoms with Crippen LogP contribution in [0.2, 0.25) is 0 Å². The fourth-order valence-corrected chi connectivity index (χ4v) is 8.83. The number of imidazole rings is 1. The van der Waals surface area contributed by atoms with Crippen LogP contribution in [-0.2, 0) is 38.6 Å². The van der Waals surface area contributed by atoms with Gasteiger partial charge in [-0.15, -0.1) is 0 Å². The van der Waals surface area contributed by atoms with Crippen molar-refractivity contribution in [3.63, 3.8) is 0 Å². The molecule has 3 aromatic carbocycles. The molecule has 13 heteroatoms. The van der Waals surface area contributed by atoms with Crippen LogP contribution in [0, 0.1) is 30.4 Å². The Hall–Kier alpha value is -5.30. The number of anilines is 2. The van der Waals surface area contributed by atoms with Gasteiger partial charge in [0, 0.05) is 75.4 Å². The van der Waals surface area contributed by atoms with E-state index in [1.54, 1.807) is 11.1 Å². The van der Waals surface area contributed by atoms with Gasteiger partial charge in [-0.2, -0.15) is 0 Å². The van der Waals surface area contributed by atoms with Crippen LogP contribution in [0.15, 0.2) is 73.1 Å². The van der Waals surface area contributed by atoms with Crippen molar-refractivity contribution in [2.45, 2.75) is 91.0 Å². The third kappa shape index (κ3) is 9.95. The summed E-state index contributed by atoms with van der Waals surface area (Å²) in [5.41, 5.74) is 5.15. The van der Waals surface area contributed by atoms with E-state index in [1.807, 2.05) is 56.7 Å². The number of halogens is 2. The number of ether oxygens (including phenoxy) is 2. The second-order valence-corrected chi connectivity index (χ2v) is 17.2. The summed E-state index contributed by atoms with van der Waals surface area (Å²) in [6.07, 6.45) is 5.81. The van der Waals surface area contributed by atoms with Crippen molar-refractivity contribution in [1.82, 2.24) is 19.4 Å². The molecule has 2 saturated heterocycles. The Morgan fingerprint density at radius 1 is 0.966 bits per heavy atom. The second kappa shape index (κ2) is 17.9. The van der Waals surface area contributed by atoms with Gasteiger partial charge in [-0.1, -0.05) is 42.5 Å². The molecular formula is C46H56F2N6O5. The molecule has 0 spiro atoms. The maximum absolute atomic E-state index is 15.5. The Bertz CT molecular complexity index is 2140. The Kier molecular flexibility index (Phi) is 12.7. The molecule has 7 rings (SSSR count). The smallest absolute Gasteiger partial charge is 0.410 e. The minimum Gasteiger partial charge on any atom is -0.466 e. The number of piperidine rings is 1. The molecule has 4 heterocycles. The molecule has 2 fully saturated rings. The van der Waals surface area contributed by atoms with E-state index in [4.69, 9.17) is 9.47 Å². The molecule has 11 nitrogen and oxygen atoms in total. The predicted molar refractivity (Wildman–Crippen MR) is 222 cm³/mol. The lowest BCUT2D eigenvalue weighted by Crippen LogP contribution is -2.47. The number of hydrogen-bond donors (Lipinski definition) is 1. The van der Waals surface area contributed by atoms with E-state index in [-0.39, 0.29) is 35.5 Å². The van der Waals surface area contributed by atoms with Crippen LogP contribution in [0.25, 0.3) is 0 Å². The molecule has 314 valence electrons. The summed E-state index contributed by atoms with van der Waals surface area (Å²) in [6.45, 7) is 13.4. The van der Waals surface area contributed by atoms with E-state index in [0.29, 0.717) is 71.0 Å². The zero-order chi connectivity index (χ0) is 41.8. The lowest BCUT2D eigenvalue weighted by atomic mass is 9.88. The summed E-state index contributed by atoms with van der Waals surface area (Å²) >= 11 is 0. The van der Waals surface area contributed by atoms with Crippen LogP contribution in [0.4, 0.5) is 25.2 Å². The number of amides is 2. The van der Waals surface area contributed by atoms with E-state index >= 15 is 4.39 Å². The van der Waals surface area contributed by atoms with Crippen LogP contribution >= 0.6 is 0 Å². The van der Waals surface area contributed by atoms with Crippen LogP contribution in [0.5, 0.6) is 0 Å². The maximum atomic E-state index is 15.5. The van der Waals surface area contributed by atoms with Gasteiger partial charge >= 0.3 is 12.1 Å². The van der Waals surface area contributed by atoms with Crippen molar-refractivity contribution < 1.29 is 32.6 Å². The highest BCUT2D eigenvalue weighted by atomic mass is 19.1. The van der Waals surface area contributed by atoms with Crippen molar-refractivity contribution in [2.75, 3.05) is 49.5 Å². The molecule has 4 aromatic rings. The highest BCUT2D eigenvalue weighted by Crippen LogP contribution is 2.37.